The number of nitrogens with one attached hydrogen (secondary N) is 2. The molecule has 2 aliphatic rings. The van der Waals surface area contributed by atoms with Gasteiger partial charge < -0.3 is 56.9 Å². The van der Waals surface area contributed by atoms with Crippen molar-refractivity contribution in [1.82, 2.24) is 15.5 Å². The average molecular weight is 509 g/mol. The minimum Gasteiger partial charge on any atom is -0.480 e. The van der Waals surface area contributed by atoms with Crippen molar-refractivity contribution in [1.29, 1.82) is 0 Å². The van der Waals surface area contributed by atoms with E-state index in [1.165, 1.54) is 0 Å². The Morgan fingerprint density at radius 3 is 2.40 bits per heavy atom. The second-order valence-electron chi connectivity index (χ2n) is 7.84. The number of nitrogens with zero attached hydrogens (tertiary/aromatic N) is 1. The molecule has 1 unspecified atom stereocenters. The van der Waals surface area contributed by atoms with E-state index in [-0.39, 0.29) is 0 Å². The number of ether oxygens (including phenoxy) is 2. The molecule has 0 aromatic carbocycles. The molecule has 18 nitrogen and oxygen atoms in total. The summed E-state index contributed by atoms with van der Waals surface area (Å²) in [6.07, 6.45) is -12.5. The number of imide groups is 1. The zero-order chi connectivity index (χ0) is 26.6. The van der Waals surface area contributed by atoms with E-state index in [2.05, 4.69) is 4.74 Å². The molecule has 0 aromatic heterocycles. The average Bonchev–Trinajstić information content (AvgIpc) is 3.08. The summed E-state index contributed by atoms with van der Waals surface area (Å²) in [5.41, 5.74) is 10.2. The Balaban J connectivity index is 2.12. The van der Waals surface area contributed by atoms with E-state index in [4.69, 9.17) is 16.2 Å². The lowest BCUT2D eigenvalue weighted by molar-refractivity contribution is -0.151. The van der Waals surface area contributed by atoms with Crippen molar-refractivity contribution >= 4 is 29.9 Å². The van der Waals surface area contributed by atoms with Gasteiger partial charge in [-0.2, -0.15) is 0 Å². The van der Waals surface area contributed by atoms with E-state index in [0.717, 1.165) is 4.90 Å². The molecule has 2 rings (SSSR count). The number of rotatable bonds is 10. The summed E-state index contributed by atoms with van der Waals surface area (Å²) in [6, 6.07) is -5.06. The molecule has 18 heteroatoms. The van der Waals surface area contributed by atoms with Gasteiger partial charge in [0, 0.05) is 6.54 Å². The summed E-state index contributed by atoms with van der Waals surface area (Å²) in [6.45, 7) is -1.91. The third-order valence-corrected chi connectivity index (χ3v) is 5.44. The topological polar surface area (TPSA) is 305 Å². The van der Waals surface area contributed by atoms with E-state index in [1.807, 2.05) is 10.6 Å². The zero-order valence-corrected chi connectivity index (χ0v) is 18.0. The Hall–Kier alpha value is -3.13. The first-order valence-electron chi connectivity index (χ1n) is 10.1. The molecule has 2 aliphatic heterocycles. The molecule has 2 saturated heterocycles. The van der Waals surface area contributed by atoms with Crippen LogP contribution in [-0.4, -0.2) is 134 Å². The summed E-state index contributed by atoms with van der Waals surface area (Å²) in [5, 5.41) is 63.1. The van der Waals surface area contributed by atoms with Gasteiger partial charge in [-0.3, -0.25) is 19.8 Å². The van der Waals surface area contributed by atoms with Crippen LogP contribution in [0.1, 0.15) is 0 Å². The van der Waals surface area contributed by atoms with Gasteiger partial charge in [0.2, 0.25) is 11.8 Å². The maximum Gasteiger partial charge on any atom is 0.404 e. The molecule has 0 spiro atoms. The zero-order valence-electron chi connectivity index (χ0n) is 18.0. The van der Waals surface area contributed by atoms with Crippen LogP contribution >= 0.6 is 0 Å². The van der Waals surface area contributed by atoms with Gasteiger partial charge in [0.05, 0.1) is 12.5 Å². The molecule has 0 saturated carbocycles. The van der Waals surface area contributed by atoms with Gasteiger partial charge in [-0.05, 0) is 0 Å². The molecule has 12 N–H and O–H groups in total. The number of hydrogen-bond acceptors (Lipinski definition) is 13. The number of hydrogen-bond donors (Lipinski definition) is 10. The van der Waals surface area contributed by atoms with Crippen LogP contribution in [0.25, 0.3) is 0 Å². The monoisotopic (exact) mass is 509 g/mol. The van der Waals surface area contributed by atoms with E-state index >= 15 is 0 Å². The molecule has 35 heavy (non-hydrogen) atoms. The van der Waals surface area contributed by atoms with Gasteiger partial charge in [-0.25, -0.2) is 14.4 Å². The van der Waals surface area contributed by atoms with Crippen LogP contribution in [0.15, 0.2) is 0 Å². The van der Waals surface area contributed by atoms with Gasteiger partial charge >= 0.3 is 18.1 Å². The molecule has 2 heterocycles. The Labute approximate surface area is 196 Å². The van der Waals surface area contributed by atoms with Gasteiger partial charge in [0.15, 0.2) is 12.3 Å². The molecule has 0 aromatic rings. The van der Waals surface area contributed by atoms with Crippen LogP contribution in [0.4, 0.5) is 9.59 Å². The van der Waals surface area contributed by atoms with Gasteiger partial charge in [0.1, 0.15) is 43.2 Å². The number of primary amides is 1. The second-order valence-corrected chi connectivity index (χ2v) is 7.84. The third kappa shape index (κ3) is 6.31. The van der Waals surface area contributed by atoms with Crippen molar-refractivity contribution in [3.63, 3.8) is 0 Å². The summed E-state index contributed by atoms with van der Waals surface area (Å²) in [4.78, 5) is 59.4. The highest BCUT2D eigenvalue weighted by molar-refractivity contribution is 5.98. The van der Waals surface area contributed by atoms with Crippen LogP contribution < -0.4 is 22.1 Å². The number of carbonyl (C=O) groups is 5. The number of carboxylic acids is 1. The molecule has 0 radical (unpaired) electrons. The van der Waals surface area contributed by atoms with Crippen LogP contribution in [0.5, 0.6) is 0 Å². The minimum atomic E-state index is -2.07. The highest BCUT2D eigenvalue weighted by Gasteiger charge is 2.53. The number of carbonyl (C=O) groups excluding carboxylic acids is 4. The fraction of sp³-hybridized carbons (Fsp3) is 0.706. The van der Waals surface area contributed by atoms with Crippen molar-refractivity contribution in [3.8, 4) is 0 Å². The largest absolute Gasteiger partial charge is 0.480 e. The standard InChI is InChI=1S/C17H27N5O13/c18-6(8(25)5(24)3-34-16(19)32)13(29)20-7(15(30)31)11-9(26)10(27)14(35-11)22-1-4(2-23)12(28)21-17(22)33/h4-11,14,23-27H,1-3,18H2,(H2,19,32)(H,20,29)(H,30,31)(H,21,28,33)/t4?,5-,6-,7-,8+,9-,10+,11+,14+/m0/s1. The van der Waals surface area contributed by atoms with Crippen LogP contribution in [0, 0.1) is 5.92 Å². The SMILES string of the molecule is NC(=O)OC[C@H](O)[C@@H](O)[C@H](N)C(=O)N[C@H](C(=O)O)[C@H]1O[C@@H](N2CC(CO)C(=O)NC2=O)[C@H](O)[C@@H]1O. The Bertz CT molecular complexity index is 843. The summed E-state index contributed by atoms with van der Waals surface area (Å²) < 4.78 is 9.63. The quantitative estimate of drug-likeness (QED) is 0.131. The number of aliphatic carboxylic acids is 1. The summed E-state index contributed by atoms with van der Waals surface area (Å²) in [5.74, 6) is -4.97. The number of aliphatic hydroxyl groups is 5. The van der Waals surface area contributed by atoms with Crippen molar-refractivity contribution in [2.24, 2.45) is 17.4 Å². The maximum atomic E-state index is 12.4. The van der Waals surface area contributed by atoms with Gasteiger partial charge in [0.25, 0.3) is 0 Å². The fourth-order valence-electron chi connectivity index (χ4n) is 3.46. The molecule has 0 aliphatic carbocycles. The Morgan fingerprint density at radius 2 is 1.86 bits per heavy atom. The lowest BCUT2D eigenvalue weighted by atomic mass is 10.0. The van der Waals surface area contributed by atoms with Crippen LogP contribution in [0.2, 0.25) is 0 Å². The van der Waals surface area contributed by atoms with Gasteiger partial charge in [-0.15, -0.1) is 0 Å². The number of carboxylic acid groups (broad SMARTS) is 1. The molecule has 2 fully saturated rings. The lowest BCUT2D eigenvalue weighted by Crippen LogP contribution is -2.61. The normalized spacial score (nSPS) is 30.1. The second kappa shape index (κ2) is 11.5. The number of aliphatic hydroxyl groups excluding tert-OH is 5. The van der Waals surface area contributed by atoms with Crippen molar-refractivity contribution in [2.45, 2.75) is 48.8 Å². The van der Waals surface area contributed by atoms with Crippen molar-refractivity contribution in [2.75, 3.05) is 19.8 Å². The first-order chi connectivity index (χ1) is 16.3. The highest BCUT2D eigenvalue weighted by Crippen LogP contribution is 2.28. The van der Waals surface area contributed by atoms with Gasteiger partial charge in [-0.1, -0.05) is 0 Å². The van der Waals surface area contributed by atoms with E-state index in [1.54, 1.807) is 0 Å². The smallest absolute Gasteiger partial charge is 0.404 e. The highest BCUT2D eigenvalue weighted by atomic mass is 16.6. The Kier molecular flexibility index (Phi) is 9.26. The van der Waals surface area contributed by atoms with E-state index < -0.39 is 104 Å². The fourth-order valence-corrected chi connectivity index (χ4v) is 3.46. The Morgan fingerprint density at radius 1 is 1.23 bits per heavy atom. The summed E-state index contributed by atoms with van der Waals surface area (Å²) >= 11 is 0. The maximum absolute atomic E-state index is 12.4. The van der Waals surface area contributed by atoms with Crippen LogP contribution in [-0.2, 0) is 23.9 Å². The first kappa shape index (κ1) is 28.1. The first-order valence-corrected chi connectivity index (χ1v) is 10.1. The number of amides is 5. The number of nitrogens with two attached hydrogens (primary N) is 2. The van der Waals surface area contributed by atoms with E-state index in [0.29, 0.717) is 0 Å². The molecule has 5 amide bonds. The molecule has 9 atom stereocenters. The van der Waals surface area contributed by atoms with Crippen molar-refractivity contribution < 1.29 is 64.1 Å². The minimum absolute atomic E-state index is 0.422. The molecular weight excluding hydrogens is 482 g/mol. The van der Waals surface area contributed by atoms with E-state index in [9.17, 15) is 54.6 Å². The molecular formula is C17H27N5O13. The molecule has 198 valence electrons. The predicted molar refractivity (Wildman–Crippen MR) is 107 cm³/mol. The van der Waals surface area contributed by atoms with Crippen molar-refractivity contribution in [3.05, 3.63) is 0 Å². The lowest BCUT2D eigenvalue weighted by Gasteiger charge is -2.36. The third-order valence-electron chi connectivity index (χ3n) is 5.44. The summed E-state index contributed by atoms with van der Waals surface area (Å²) in [7, 11) is 0. The predicted octanol–water partition coefficient (Wildman–Crippen LogP) is -6.69. The number of urea groups is 1. The molecule has 0 bridgehead atoms. The van der Waals surface area contributed by atoms with Crippen LogP contribution in [0.3, 0.4) is 0 Å².